The topological polar surface area (TPSA) is 66.8 Å². The molecule has 1 rings (SSSR count). The van der Waals surface area contributed by atoms with Crippen molar-refractivity contribution in [2.75, 3.05) is 19.8 Å². The maximum atomic E-state index is 10.6. The van der Waals surface area contributed by atoms with E-state index >= 15 is 0 Å². The van der Waals surface area contributed by atoms with Crippen LogP contribution in [0.3, 0.4) is 0 Å². The predicted molar refractivity (Wildman–Crippen MR) is 50.8 cm³/mol. The first kappa shape index (κ1) is 11.6. The summed E-state index contributed by atoms with van der Waals surface area (Å²) in [5, 5.41) is 17.7. The van der Waals surface area contributed by atoms with Crippen LogP contribution in [0.15, 0.2) is 0 Å². The van der Waals surface area contributed by atoms with Gasteiger partial charge in [-0.05, 0) is 19.3 Å². The first-order valence-corrected chi connectivity index (χ1v) is 5.10. The van der Waals surface area contributed by atoms with Gasteiger partial charge in [-0.1, -0.05) is 0 Å². The average molecular weight is 202 g/mol. The van der Waals surface area contributed by atoms with Gasteiger partial charge in [0.1, 0.15) is 6.29 Å². The molecule has 3 unspecified atom stereocenters. The first-order valence-electron chi connectivity index (χ1n) is 5.10. The molecule has 1 aliphatic rings. The first-order chi connectivity index (χ1) is 6.81. The Labute approximate surface area is 83.9 Å². The molecule has 0 saturated heterocycles. The summed E-state index contributed by atoms with van der Waals surface area (Å²) in [4.78, 5) is 10.6. The third-order valence-corrected chi connectivity index (χ3v) is 2.80. The molecule has 0 heterocycles. The minimum atomic E-state index is 0.00310. The van der Waals surface area contributed by atoms with Crippen LogP contribution >= 0.6 is 0 Å². The Morgan fingerprint density at radius 2 is 2.14 bits per heavy atom. The third kappa shape index (κ3) is 3.04. The monoisotopic (exact) mass is 202 g/mol. The Hall–Kier alpha value is -0.450. The molecule has 1 aliphatic carbocycles. The molecule has 1 saturated carbocycles. The van der Waals surface area contributed by atoms with E-state index in [1.165, 1.54) is 0 Å². The molecule has 0 aromatic heterocycles. The van der Waals surface area contributed by atoms with E-state index in [1.54, 1.807) is 0 Å². The SMILES string of the molecule is O=CC1CCC(OCCO)C(CO)C1. The lowest BCUT2D eigenvalue weighted by atomic mass is 9.80. The van der Waals surface area contributed by atoms with Crippen LogP contribution in [0.2, 0.25) is 0 Å². The van der Waals surface area contributed by atoms with Crippen LogP contribution in [0.5, 0.6) is 0 Å². The van der Waals surface area contributed by atoms with Crippen molar-refractivity contribution in [1.29, 1.82) is 0 Å². The molecule has 0 spiro atoms. The zero-order chi connectivity index (χ0) is 10.4. The van der Waals surface area contributed by atoms with Gasteiger partial charge in [0.2, 0.25) is 0 Å². The molecule has 0 amide bonds. The fraction of sp³-hybridized carbons (Fsp3) is 0.900. The van der Waals surface area contributed by atoms with Crippen LogP contribution in [0, 0.1) is 11.8 Å². The summed E-state index contributed by atoms with van der Waals surface area (Å²) in [6.07, 6.45) is 3.30. The van der Waals surface area contributed by atoms with E-state index in [4.69, 9.17) is 14.9 Å². The number of aliphatic hydroxyl groups is 2. The van der Waals surface area contributed by atoms with E-state index < -0.39 is 0 Å². The molecule has 0 aromatic carbocycles. The van der Waals surface area contributed by atoms with Crippen molar-refractivity contribution in [2.24, 2.45) is 11.8 Å². The summed E-state index contributed by atoms with van der Waals surface area (Å²) in [7, 11) is 0. The maximum absolute atomic E-state index is 10.6. The van der Waals surface area contributed by atoms with Gasteiger partial charge >= 0.3 is 0 Å². The largest absolute Gasteiger partial charge is 0.396 e. The van der Waals surface area contributed by atoms with Crippen LogP contribution in [0.25, 0.3) is 0 Å². The zero-order valence-corrected chi connectivity index (χ0v) is 8.26. The maximum Gasteiger partial charge on any atom is 0.123 e. The highest BCUT2D eigenvalue weighted by Gasteiger charge is 2.30. The minimum absolute atomic E-state index is 0.00310. The Morgan fingerprint density at radius 3 is 2.71 bits per heavy atom. The molecule has 0 bridgehead atoms. The van der Waals surface area contributed by atoms with Gasteiger partial charge < -0.3 is 19.7 Å². The van der Waals surface area contributed by atoms with Gasteiger partial charge in [-0.25, -0.2) is 0 Å². The highest BCUT2D eigenvalue weighted by Crippen LogP contribution is 2.29. The number of ether oxygens (including phenoxy) is 1. The Kier molecular flexibility index (Phi) is 5.07. The van der Waals surface area contributed by atoms with Crippen LogP contribution in [0.1, 0.15) is 19.3 Å². The van der Waals surface area contributed by atoms with Crippen LogP contribution < -0.4 is 0 Å². The summed E-state index contributed by atoms with van der Waals surface area (Å²) in [5.41, 5.74) is 0. The summed E-state index contributed by atoms with van der Waals surface area (Å²) in [5.74, 6) is 0.117. The molecule has 14 heavy (non-hydrogen) atoms. The average Bonchev–Trinajstić information content (AvgIpc) is 2.26. The molecular formula is C10H18O4. The fourth-order valence-corrected chi connectivity index (χ4v) is 2.01. The van der Waals surface area contributed by atoms with E-state index in [2.05, 4.69) is 0 Å². The van der Waals surface area contributed by atoms with Crippen molar-refractivity contribution in [1.82, 2.24) is 0 Å². The Morgan fingerprint density at radius 1 is 1.36 bits per heavy atom. The second-order valence-corrected chi connectivity index (χ2v) is 3.78. The van der Waals surface area contributed by atoms with Gasteiger partial charge in [0.25, 0.3) is 0 Å². The third-order valence-electron chi connectivity index (χ3n) is 2.80. The zero-order valence-electron chi connectivity index (χ0n) is 8.26. The molecule has 0 radical (unpaired) electrons. The number of aliphatic hydroxyl groups excluding tert-OH is 2. The lowest BCUT2D eigenvalue weighted by Gasteiger charge is -2.32. The van der Waals surface area contributed by atoms with Crippen LogP contribution in [-0.2, 0) is 9.53 Å². The van der Waals surface area contributed by atoms with E-state index in [0.29, 0.717) is 13.0 Å². The highest BCUT2D eigenvalue weighted by atomic mass is 16.5. The molecule has 4 heteroatoms. The van der Waals surface area contributed by atoms with Crippen molar-refractivity contribution in [2.45, 2.75) is 25.4 Å². The van der Waals surface area contributed by atoms with Gasteiger partial charge in [0, 0.05) is 18.4 Å². The van der Waals surface area contributed by atoms with Crippen molar-refractivity contribution < 1.29 is 19.7 Å². The van der Waals surface area contributed by atoms with Gasteiger partial charge in [0.05, 0.1) is 19.3 Å². The molecule has 82 valence electrons. The number of hydrogen-bond acceptors (Lipinski definition) is 4. The van der Waals surface area contributed by atoms with Gasteiger partial charge in [0.15, 0.2) is 0 Å². The lowest BCUT2D eigenvalue weighted by molar-refractivity contribution is -0.115. The van der Waals surface area contributed by atoms with Crippen LogP contribution in [0.4, 0.5) is 0 Å². The second-order valence-electron chi connectivity index (χ2n) is 3.78. The van der Waals surface area contributed by atoms with E-state index in [0.717, 1.165) is 19.1 Å². The molecule has 3 atom stereocenters. The molecule has 4 nitrogen and oxygen atoms in total. The second kappa shape index (κ2) is 6.11. The number of aldehydes is 1. The predicted octanol–water partition coefficient (Wildman–Crippen LogP) is -0.0286. The van der Waals surface area contributed by atoms with Gasteiger partial charge in [-0.3, -0.25) is 0 Å². The summed E-state index contributed by atoms with van der Waals surface area (Å²) < 4.78 is 5.40. The summed E-state index contributed by atoms with van der Waals surface area (Å²) in [6.45, 7) is 0.374. The molecule has 2 N–H and O–H groups in total. The van der Waals surface area contributed by atoms with E-state index in [1.807, 2.05) is 0 Å². The standard InChI is InChI=1S/C10H18O4/c11-3-4-14-10-2-1-8(6-12)5-9(10)7-13/h6,8-11,13H,1-5,7H2. The number of carbonyl (C=O) groups excluding carboxylic acids is 1. The van der Waals surface area contributed by atoms with Crippen molar-refractivity contribution in [3.63, 3.8) is 0 Å². The molecule has 0 aromatic rings. The molecule has 0 aliphatic heterocycles. The summed E-state index contributed by atoms with van der Waals surface area (Å²) in [6, 6.07) is 0. The molecular weight excluding hydrogens is 184 g/mol. The van der Waals surface area contributed by atoms with Crippen LogP contribution in [-0.4, -0.2) is 42.4 Å². The lowest BCUT2D eigenvalue weighted by Crippen LogP contribution is -2.34. The highest BCUT2D eigenvalue weighted by molar-refractivity contribution is 5.53. The van der Waals surface area contributed by atoms with Gasteiger partial charge in [-0.2, -0.15) is 0 Å². The minimum Gasteiger partial charge on any atom is -0.396 e. The number of carbonyl (C=O) groups is 1. The fourth-order valence-electron chi connectivity index (χ4n) is 2.01. The van der Waals surface area contributed by atoms with Crippen molar-refractivity contribution in [3.8, 4) is 0 Å². The van der Waals surface area contributed by atoms with Crippen molar-refractivity contribution >= 4 is 6.29 Å². The molecule has 1 fully saturated rings. The van der Waals surface area contributed by atoms with E-state index in [9.17, 15) is 4.79 Å². The smallest absolute Gasteiger partial charge is 0.123 e. The summed E-state index contributed by atoms with van der Waals surface area (Å²) >= 11 is 0. The van der Waals surface area contributed by atoms with Gasteiger partial charge in [-0.15, -0.1) is 0 Å². The normalized spacial score (nSPS) is 32.9. The Bertz CT molecular complexity index is 172. The van der Waals surface area contributed by atoms with Crippen molar-refractivity contribution in [3.05, 3.63) is 0 Å². The number of rotatable bonds is 5. The van der Waals surface area contributed by atoms with E-state index in [-0.39, 0.29) is 31.2 Å². The quantitative estimate of drug-likeness (QED) is 0.614. The Balaban J connectivity index is 2.39. The number of hydrogen-bond donors (Lipinski definition) is 2.